The lowest BCUT2D eigenvalue weighted by Gasteiger charge is -2.13. The molecule has 0 aliphatic rings. The van der Waals surface area contributed by atoms with E-state index in [4.69, 9.17) is 5.73 Å². The summed E-state index contributed by atoms with van der Waals surface area (Å²) in [6.45, 7) is 0.648. The van der Waals surface area contributed by atoms with E-state index >= 15 is 0 Å². The SMILES string of the molecule is CN(S)Cc1ccccc1/C(S)=C(/N)C=O. The van der Waals surface area contributed by atoms with Crippen molar-refractivity contribution in [2.45, 2.75) is 6.54 Å². The van der Waals surface area contributed by atoms with Gasteiger partial charge in [-0.15, -0.1) is 12.6 Å². The molecular formula is C11H14N2OS2. The van der Waals surface area contributed by atoms with Gasteiger partial charge in [0.1, 0.15) is 0 Å². The summed E-state index contributed by atoms with van der Waals surface area (Å²) in [5.74, 6) is 0. The highest BCUT2D eigenvalue weighted by Crippen LogP contribution is 2.24. The lowest BCUT2D eigenvalue weighted by Crippen LogP contribution is -2.08. The third kappa shape index (κ3) is 3.30. The van der Waals surface area contributed by atoms with Gasteiger partial charge in [0.25, 0.3) is 0 Å². The van der Waals surface area contributed by atoms with Crippen LogP contribution in [0.1, 0.15) is 11.1 Å². The van der Waals surface area contributed by atoms with E-state index < -0.39 is 0 Å². The number of nitrogens with zero attached hydrogens (tertiary/aromatic N) is 1. The normalized spacial score (nSPS) is 12.5. The van der Waals surface area contributed by atoms with Crippen molar-refractivity contribution in [3.8, 4) is 0 Å². The van der Waals surface area contributed by atoms with Crippen molar-refractivity contribution in [3.05, 3.63) is 41.1 Å². The molecule has 0 bridgehead atoms. The third-order valence-electron chi connectivity index (χ3n) is 2.07. The molecule has 1 aromatic carbocycles. The molecule has 86 valence electrons. The van der Waals surface area contributed by atoms with Gasteiger partial charge in [-0.2, -0.15) is 0 Å². The van der Waals surface area contributed by atoms with Crippen LogP contribution in [0.25, 0.3) is 4.91 Å². The molecule has 0 unspecified atom stereocenters. The Balaban J connectivity index is 3.18. The number of allylic oxidation sites excluding steroid dienone is 1. The number of benzene rings is 1. The number of thiol groups is 2. The summed E-state index contributed by atoms with van der Waals surface area (Å²) >= 11 is 8.46. The van der Waals surface area contributed by atoms with E-state index in [1.165, 1.54) is 0 Å². The molecule has 0 amide bonds. The quantitative estimate of drug-likeness (QED) is 0.435. The van der Waals surface area contributed by atoms with Crippen molar-refractivity contribution >= 4 is 36.6 Å². The van der Waals surface area contributed by atoms with Crippen LogP contribution >= 0.6 is 25.4 Å². The first-order valence-corrected chi connectivity index (χ1v) is 5.53. The van der Waals surface area contributed by atoms with E-state index in [9.17, 15) is 4.79 Å². The Labute approximate surface area is 106 Å². The Morgan fingerprint density at radius 3 is 2.69 bits per heavy atom. The van der Waals surface area contributed by atoms with E-state index in [2.05, 4.69) is 25.4 Å². The van der Waals surface area contributed by atoms with Crippen molar-refractivity contribution < 1.29 is 4.79 Å². The van der Waals surface area contributed by atoms with Crippen LogP contribution in [0.4, 0.5) is 0 Å². The number of hydrogen-bond acceptors (Lipinski definition) is 5. The predicted octanol–water partition coefficient (Wildman–Crippen LogP) is 1.72. The van der Waals surface area contributed by atoms with Gasteiger partial charge in [0.15, 0.2) is 6.29 Å². The van der Waals surface area contributed by atoms with Gasteiger partial charge >= 0.3 is 0 Å². The summed E-state index contributed by atoms with van der Waals surface area (Å²) in [4.78, 5) is 11.1. The first-order valence-electron chi connectivity index (χ1n) is 4.68. The summed E-state index contributed by atoms with van der Waals surface area (Å²) in [7, 11) is 1.85. The maximum Gasteiger partial charge on any atom is 0.166 e. The molecule has 1 aromatic rings. The third-order valence-corrected chi connectivity index (χ3v) is 2.71. The first-order chi connectivity index (χ1) is 7.56. The highest BCUT2D eigenvalue weighted by Gasteiger charge is 2.08. The number of rotatable bonds is 4. The average Bonchev–Trinajstić information content (AvgIpc) is 2.27. The molecule has 0 aliphatic heterocycles. The predicted molar refractivity (Wildman–Crippen MR) is 73.1 cm³/mol. The fraction of sp³-hybridized carbons (Fsp3) is 0.182. The molecule has 1 rings (SSSR count). The molecule has 2 N–H and O–H groups in total. The Morgan fingerprint density at radius 2 is 2.12 bits per heavy atom. The van der Waals surface area contributed by atoms with Crippen LogP contribution in [0.2, 0.25) is 0 Å². The second kappa shape index (κ2) is 5.98. The number of aldehydes is 1. The van der Waals surface area contributed by atoms with E-state index in [0.29, 0.717) is 17.7 Å². The van der Waals surface area contributed by atoms with Crippen molar-refractivity contribution in [3.63, 3.8) is 0 Å². The zero-order chi connectivity index (χ0) is 12.1. The number of hydrogen-bond donors (Lipinski definition) is 3. The molecule has 0 radical (unpaired) electrons. The van der Waals surface area contributed by atoms with E-state index in [-0.39, 0.29) is 5.70 Å². The van der Waals surface area contributed by atoms with Crippen LogP contribution < -0.4 is 5.73 Å². The molecule has 0 heterocycles. The Bertz CT molecular complexity index is 416. The Kier molecular flexibility index (Phi) is 4.92. The number of carbonyl (C=O) groups excluding carboxylic acids is 1. The summed E-state index contributed by atoms with van der Waals surface area (Å²) < 4.78 is 1.75. The largest absolute Gasteiger partial charge is 0.395 e. The lowest BCUT2D eigenvalue weighted by atomic mass is 10.1. The van der Waals surface area contributed by atoms with Crippen molar-refractivity contribution in [2.24, 2.45) is 5.73 Å². The zero-order valence-electron chi connectivity index (χ0n) is 8.92. The van der Waals surface area contributed by atoms with Crippen LogP contribution in [0.15, 0.2) is 30.0 Å². The first kappa shape index (κ1) is 13.2. The van der Waals surface area contributed by atoms with Gasteiger partial charge in [0.05, 0.1) is 5.70 Å². The average molecular weight is 254 g/mol. The fourth-order valence-electron chi connectivity index (χ4n) is 1.35. The van der Waals surface area contributed by atoms with Crippen LogP contribution in [0.5, 0.6) is 0 Å². The molecule has 0 saturated carbocycles. The summed E-state index contributed by atoms with van der Waals surface area (Å²) in [5, 5.41) is 0. The maximum atomic E-state index is 10.6. The van der Waals surface area contributed by atoms with Crippen molar-refractivity contribution in [2.75, 3.05) is 7.05 Å². The molecule has 16 heavy (non-hydrogen) atoms. The molecular weight excluding hydrogens is 240 g/mol. The van der Waals surface area contributed by atoms with Gasteiger partial charge in [-0.05, 0) is 18.2 Å². The van der Waals surface area contributed by atoms with E-state index in [0.717, 1.165) is 11.1 Å². The molecule has 0 spiro atoms. The molecule has 0 saturated heterocycles. The maximum absolute atomic E-state index is 10.6. The molecule has 3 nitrogen and oxygen atoms in total. The lowest BCUT2D eigenvalue weighted by molar-refractivity contribution is -0.104. The molecule has 0 fully saturated rings. The van der Waals surface area contributed by atoms with Gasteiger partial charge in [0.2, 0.25) is 0 Å². The number of nitrogens with two attached hydrogens (primary N) is 1. The van der Waals surface area contributed by atoms with E-state index in [1.807, 2.05) is 31.3 Å². The van der Waals surface area contributed by atoms with Crippen LogP contribution in [0, 0.1) is 0 Å². The minimum Gasteiger partial charge on any atom is -0.395 e. The summed E-state index contributed by atoms with van der Waals surface area (Å²) in [6.07, 6.45) is 0.601. The van der Waals surface area contributed by atoms with Crippen LogP contribution in [0.3, 0.4) is 0 Å². The fourth-order valence-corrected chi connectivity index (χ4v) is 1.77. The van der Waals surface area contributed by atoms with Gasteiger partial charge in [-0.1, -0.05) is 37.1 Å². The van der Waals surface area contributed by atoms with Gasteiger partial charge in [-0.25, -0.2) is 0 Å². The van der Waals surface area contributed by atoms with Gasteiger partial charge in [-0.3, -0.25) is 9.10 Å². The number of carbonyl (C=O) groups is 1. The monoisotopic (exact) mass is 254 g/mol. The van der Waals surface area contributed by atoms with Gasteiger partial charge in [0, 0.05) is 11.4 Å². The molecule has 0 aromatic heterocycles. The second-order valence-electron chi connectivity index (χ2n) is 3.39. The Morgan fingerprint density at radius 1 is 1.50 bits per heavy atom. The minimum atomic E-state index is 0.137. The highest BCUT2D eigenvalue weighted by molar-refractivity contribution is 7.90. The van der Waals surface area contributed by atoms with Gasteiger partial charge < -0.3 is 5.73 Å². The molecule has 0 atom stereocenters. The van der Waals surface area contributed by atoms with E-state index in [1.54, 1.807) is 4.31 Å². The topological polar surface area (TPSA) is 46.3 Å². The summed E-state index contributed by atoms with van der Waals surface area (Å²) in [5.41, 5.74) is 7.57. The standard InChI is InChI=1S/C11H14N2OS2/c1-13(16)6-8-4-2-3-5-9(8)11(15)10(12)7-14/h2-5,7,15-16H,6,12H2,1H3/b11-10-. The van der Waals surface area contributed by atoms with Crippen LogP contribution in [-0.2, 0) is 11.3 Å². The summed E-state index contributed by atoms with van der Waals surface area (Å²) in [6, 6.07) is 7.64. The highest BCUT2D eigenvalue weighted by atomic mass is 32.1. The Hall–Kier alpha value is -0.910. The van der Waals surface area contributed by atoms with Crippen LogP contribution in [-0.4, -0.2) is 17.6 Å². The zero-order valence-corrected chi connectivity index (χ0v) is 10.7. The molecule has 5 heteroatoms. The van der Waals surface area contributed by atoms with Crippen molar-refractivity contribution in [1.82, 2.24) is 4.31 Å². The molecule has 0 aliphatic carbocycles. The second-order valence-corrected chi connectivity index (χ2v) is 4.52. The van der Waals surface area contributed by atoms with Crippen molar-refractivity contribution in [1.29, 1.82) is 0 Å². The smallest absolute Gasteiger partial charge is 0.166 e. The minimum absolute atomic E-state index is 0.137.